The molecule has 0 amide bonds. The minimum absolute atomic E-state index is 0.307. The highest BCUT2D eigenvalue weighted by Crippen LogP contribution is 2.24. The van der Waals surface area contributed by atoms with Crippen molar-refractivity contribution < 1.29 is 4.74 Å². The molecule has 8 nitrogen and oxygen atoms in total. The highest BCUT2D eigenvalue weighted by atomic mass is 35.5. The van der Waals surface area contributed by atoms with Crippen molar-refractivity contribution in [3.8, 4) is 17.3 Å². The first-order valence-corrected chi connectivity index (χ1v) is 9.94. The van der Waals surface area contributed by atoms with Crippen LogP contribution in [0.2, 0.25) is 5.02 Å². The molecule has 9 heteroatoms. The summed E-state index contributed by atoms with van der Waals surface area (Å²) in [4.78, 5) is 30.2. The Kier molecular flexibility index (Phi) is 4.83. The third-order valence-electron chi connectivity index (χ3n) is 5.04. The molecular formula is C22H17ClN6O2. The van der Waals surface area contributed by atoms with E-state index < -0.39 is 0 Å². The second kappa shape index (κ2) is 7.81. The second-order valence-corrected chi connectivity index (χ2v) is 7.49. The number of imidazole rings is 2. The lowest BCUT2D eigenvalue weighted by Crippen LogP contribution is -2.17. The Morgan fingerprint density at radius 2 is 1.84 bits per heavy atom. The van der Waals surface area contributed by atoms with Gasteiger partial charge in [-0.25, -0.2) is 19.7 Å². The number of nitrogens with zero attached hydrogens (tertiary/aromatic N) is 6. The van der Waals surface area contributed by atoms with Crippen LogP contribution in [0.5, 0.6) is 5.75 Å². The normalized spacial score (nSPS) is 11.3. The number of benzene rings is 2. The van der Waals surface area contributed by atoms with Crippen LogP contribution in [-0.4, -0.2) is 36.2 Å². The number of ether oxygens (including phenoxy) is 1. The average Bonchev–Trinajstić information content (AvgIpc) is 3.24. The van der Waals surface area contributed by atoms with Gasteiger partial charge >= 0.3 is 5.69 Å². The molecule has 0 spiro atoms. The van der Waals surface area contributed by atoms with E-state index >= 15 is 0 Å². The van der Waals surface area contributed by atoms with Crippen LogP contribution in [0.3, 0.4) is 0 Å². The van der Waals surface area contributed by atoms with Gasteiger partial charge in [0.15, 0.2) is 11.5 Å². The Balaban J connectivity index is 1.54. The fraction of sp³-hybridized carbons (Fsp3) is 0.136. The average molecular weight is 433 g/mol. The SMILES string of the molecule is COc1ccc(Cn2cnc3c4nc(=O)n(Cc5cccc(Cl)c5)c-4ncnc32)cc1. The third kappa shape index (κ3) is 3.62. The molecular weight excluding hydrogens is 416 g/mol. The summed E-state index contributed by atoms with van der Waals surface area (Å²) in [5.41, 5.74) is 3.11. The molecule has 154 valence electrons. The molecule has 5 rings (SSSR count). The van der Waals surface area contributed by atoms with Crippen LogP contribution in [0.1, 0.15) is 11.1 Å². The van der Waals surface area contributed by atoms with Gasteiger partial charge in [0, 0.05) is 5.02 Å². The van der Waals surface area contributed by atoms with Gasteiger partial charge in [0.1, 0.15) is 23.3 Å². The topological polar surface area (TPSA) is 87.7 Å². The van der Waals surface area contributed by atoms with E-state index in [4.69, 9.17) is 16.3 Å². The van der Waals surface area contributed by atoms with Gasteiger partial charge in [-0.15, -0.1) is 0 Å². The summed E-state index contributed by atoms with van der Waals surface area (Å²) < 4.78 is 8.62. The summed E-state index contributed by atoms with van der Waals surface area (Å²) in [6.07, 6.45) is 3.13. The lowest BCUT2D eigenvalue weighted by atomic mass is 10.2. The standard InChI is InChI=1S/C22H17ClN6O2/c1-31-17-7-5-14(6-8-17)10-28-13-26-18-19-21(25-12-24-20(18)28)29(22(30)27-19)11-15-3-2-4-16(23)9-15/h2-9,12-13H,10-11H2,1H3. The van der Waals surface area contributed by atoms with Crippen LogP contribution in [0.4, 0.5) is 0 Å². The lowest BCUT2D eigenvalue weighted by Gasteiger charge is -2.04. The molecule has 0 saturated carbocycles. The monoisotopic (exact) mass is 432 g/mol. The number of aromatic nitrogens is 6. The maximum absolute atomic E-state index is 12.6. The molecule has 31 heavy (non-hydrogen) atoms. The highest BCUT2D eigenvalue weighted by Gasteiger charge is 2.21. The molecule has 0 aliphatic carbocycles. The summed E-state index contributed by atoms with van der Waals surface area (Å²) in [5.74, 6) is 1.23. The quantitative estimate of drug-likeness (QED) is 0.423. The van der Waals surface area contributed by atoms with Crippen molar-refractivity contribution in [3.05, 3.63) is 87.8 Å². The molecule has 0 fully saturated rings. The lowest BCUT2D eigenvalue weighted by molar-refractivity contribution is 0.414. The fourth-order valence-corrected chi connectivity index (χ4v) is 3.75. The van der Waals surface area contributed by atoms with Gasteiger partial charge in [-0.1, -0.05) is 35.9 Å². The zero-order valence-electron chi connectivity index (χ0n) is 16.6. The van der Waals surface area contributed by atoms with Gasteiger partial charge in [0.2, 0.25) is 0 Å². The van der Waals surface area contributed by atoms with E-state index in [0.29, 0.717) is 40.8 Å². The van der Waals surface area contributed by atoms with Crippen molar-refractivity contribution in [1.82, 2.24) is 29.1 Å². The maximum Gasteiger partial charge on any atom is 0.350 e. The Hall–Kier alpha value is -3.78. The summed E-state index contributed by atoms with van der Waals surface area (Å²) in [6, 6.07) is 15.1. The van der Waals surface area contributed by atoms with Gasteiger partial charge in [-0.3, -0.25) is 4.57 Å². The van der Waals surface area contributed by atoms with Crippen LogP contribution in [0, 0.1) is 0 Å². The van der Waals surface area contributed by atoms with Crippen molar-refractivity contribution in [2.75, 3.05) is 7.11 Å². The number of methoxy groups -OCH3 is 1. The summed E-state index contributed by atoms with van der Waals surface area (Å²) in [5, 5.41) is 0.606. The first kappa shape index (κ1) is 19.2. The maximum atomic E-state index is 12.6. The number of fused-ring (bicyclic) bond motifs is 3. The van der Waals surface area contributed by atoms with E-state index in [1.165, 1.54) is 10.9 Å². The van der Waals surface area contributed by atoms with Crippen molar-refractivity contribution in [3.63, 3.8) is 0 Å². The highest BCUT2D eigenvalue weighted by molar-refractivity contribution is 6.30. The minimum atomic E-state index is -0.389. The first-order valence-electron chi connectivity index (χ1n) is 9.56. The molecule has 0 saturated heterocycles. The Labute approximate surface area is 182 Å². The smallest absolute Gasteiger partial charge is 0.350 e. The molecule has 0 radical (unpaired) electrons. The number of rotatable bonds is 5. The number of hydrogen-bond donors (Lipinski definition) is 0. The molecule has 3 heterocycles. The van der Waals surface area contributed by atoms with Crippen molar-refractivity contribution in [1.29, 1.82) is 0 Å². The van der Waals surface area contributed by atoms with Gasteiger partial charge in [-0.05, 0) is 35.4 Å². The zero-order valence-corrected chi connectivity index (χ0v) is 17.3. The van der Waals surface area contributed by atoms with Crippen molar-refractivity contribution in [2.45, 2.75) is 13.1 Å². The number of hydrogen-bond acceptors (Lipinski definition) is 6. The van der Waals surface area contributed by atoms with E-state index in [9.17, 15) is 4.79 Å². The van der Waals surface area contributed by atoms with Gasteiger partial charge < -0.3 is 9.30 Å². The summed E-state index contributed by atoms with van der Waals surface area (Å²) in [6.45, 7) is 0.868. The zero-order chi connectivity index (χ0) is 21.4. The van der Waals surface area contributed by atoms with E-state index in [1.54, 1.807) is 19.5 Å². The molecule has 1 aromatic heterocycles. The van der Waals surface area contributed by atoms with Gasteiger partial charge in [0.05, 0.1) is 26.5 Å². The molecule has 2 aliphatic heterocycles. The number of halogens is 1. The third-order valence-corrected chi connectivity index (χ3v) is 5.28. The van der Waals surface area contributed by atoms with Crippen LogP contribution in [-0.2, 0) is 13.1 Å². The summed E-state index contributed by atoms with van der Waals surface area (Å²) in [7, 11) is 1.64. The van der Waals surface area contributed by atoms with E-state index in [-0.39, 0.29) is 5.69 Å². The van der Waals surface area contributed by atoms with Crippen molar-refractivity contribution in [2.24, 2.45) is 0 Å². The van der Waals surface area contributed by atoms with E-state index in [0.717, 1.165) is 16.9 Å². The molecule has 0 N–H and O–H groups in total. The van der Waals surface area contributed by atoms with Gasteiger partial charge in [-0.2, -0.15) is 4.98 Å². The first-order chi connectivity index (χ1) is 15.1. The molecule has 2 aromatic carbocycles. The predicted molar refractivity (Wildman–Crippen MR) is 117 cm³/mol. The molecule has 3 aromatic rings. The molecule has 2 aliphatic rings. The van der Waals surface area contributed by atoms with Crippen molar-refractivity contribution >= 4 is 22.8 Å². The van der Waals surface area contributed by atoms with Crippen LogP contribution < -0.4 is 10.4 Å². The second-order valence-electron chi connectivity index (χ2n) is 7.05. The molecule has 0 atom stereocenters. The van der Waals surface area contributed by atoms with E-state index in [1.807, 2.05) is 47.0 Å². The Bertz CT molecular complexity index is 1410. The fourth-order valence-electron chi connectivity index (χ4n) is 3.53. The Morgan fingerprint density at radius 3 is 2.61 bits per heavy atom. The van der Waals surface area contributed by atoms with Gasteiger partial charge in [0.25, 0.3) is 0 Å². The molecule has 0 bridgehead atoms. The van der Waals surface area contributed by atoms with Crippen LogP contribution in [0.25, 0.3) is 22.7 Å². The van der Waals surface area contributed by atoms with E-state index in [2.05, 4.69) is 19.9 Å². The van der Waals surface area contributed by atoms with Crippen LogP contribution >= 0.6 is 11.6 Å². The predicted octanol–water partition coefficient (Wildman–Crippen LogP) is 3.25. The molecule has 0 unspecified atom stereocenters. The minimum Gasteiger partial charge on any atom is -0.497 e. The Morgan fingerprint density at radius 1 is 1.00 bits per heavy atom. The summed E-state index contributed by atoms with van der Waals surface area (Å²) >= 11 is 6.08. The van der Waals surface area contributed by atoms with Crippen LogP contribution in [0.15, 0.2) is 66.0 Å². The largest absolute Gasteiger partial charge is 0.497 e.